The van der Waals surface area contributed by atoms with E-state index in [0.29, 0.717) is 49.8 Å². The molecule has 0 saturated carbocycles. The van der Waals surface area contributed by atoms with Gasteiger partial charge in [0.1, 0.15) is 29.3 Å². The zero-order chi connectivity index (χ0) is 26.4. The maximum Gasteiger partial charge on any atom is 0.225 e. The van der Waals surface area contributed by atoms with Crippen molar-refractivity contribution in [3.05, 3.63) is 84.1 Å². The Labute approximate surface area is 216 Å². The molecule has 194 valence electrons. The Balaban J connectivity index is 1.16. The van der Waals surface area contributed by atoms with E-state index in [1.807, 2.05) is 30.2 Å². The van der Waals surface area contributed by atoms with Crippen LogP contribution in [-0.2, 0) is 7.05 Å². The highest BCUT2D eigenvalue weighted by atomic mass is 19.1. The molecule has 0 radical (unpaired) electrons. The van der Waals surface area contributed by atoms with Crippen molar-refractivity contribution in [2.75, 3.05) is 36.0 Å². The van der Waals surface area contributed by atoms with Gasteiger partial charge in [-0.25, -0.2) is 32.6 Å². The van der Waals surface area contributed by atoms with Crippen LogP contribution < -0.4 is 9.80 Å². The highest BCUT2D eigenvalue weighted by Crippen LogP contribution is 2.30. The minimum Gasteiger partial charge on any atom is -0.351 e. The second kappa shape index (κ2) is 9.43. The smallest absolute Gasteiger partial charge is 0.225 e. The maximum atomic E-state index is 14.2. The van der Waals surface area contributed by atoms with Crippen LogP contribution in [0.25, 0.3) is 16.6 Å². The van der Waals surface area contributed by atoms with Crippen LogP contribution in [-0.4, -0.2) is 60.5 Å². The number of nitrogens with zero attached hydrogens (tertiary/aromatic N) is 9. The first kappa shape index (κ1) is 23.9. The summed E-state index contributed by atoms with van der Waals surface area (Å²) in [5, 5.41) is 8.62. The molecule has 0 spiro atoms. The van der Waals surface area contributed by atoms with Crippen LogP contribution in [0, 0.1) is 17.5 Å². The molecule has 1 saturated heterocycles. The molecule has 0 amide bonds. The van der Waals surface area contributed by atoms with Crippen molar-refractivity contribution in [2.45, 2.75) is 12.8 Å². The molecule has 12 heteroatoms. The zero-order valence-electron chi connectivity index (χ0n) is 20.8. The zero-order valence-corrected chi connectivity index (χ0v) is 20.8. The fourth-order valence-corrected chi connectivity index (χ4v) is 4.86. The molecule has 4 aromatic heterocycles. The number of anilines is 2. The van der Waals surface area contributed by atoms with Gasteiger partial charge in [0.25, 0.3) is 0 Å². The summed E-state index contributed by atoms with van der Waals surface area (Å²) in [7, 11) is 1.88. The van der Waals surface area contributed by atoms with Gasteiger partial charge in [0.15, 0.2) is 5.82 Å². The molecule has 1 atom stereocenters. The van der Waals surface area contributed by atoms with E-state index in [-0.39, 0.29) is 5.56 Å². The van der Waals surface area contributed by atoms with Gasteiger partial charge in [-0.2, -0.15) is 10.2 Å². The molecule has 0 aliphatic carbocycles. The van der Waals surface area contributed by atoms with E-state index in [1.165, 1.54) is 0 Å². The first-order valence-corrected chi connectivity index (χ1v) is 12.2. The molecule has 38 heavy (non-hydrogen) atoms. The largest absolute Gasteiger partial charge is 0.351 e. The molecule has 1 aliphatic rings. The third-order valence-electron chi connectivity index (χ3n) is 6.92. The van der Waals surface area contributed by atoms with Crippen LogP contribution in [0.2, 0.25) is 0 Å². The van der Waals surface area contributed by atoms with Gasteiger partial charge in [0.2, 0.25) is 5.95 Å². The van der Waals surface area contributed by atoms with Gasteiger partial charge in [-0.15, -0.1) is 0 Å². The minimum absolute atomic E-state index is 0.204. The summed E-state index contributed by atoms with van der Waals surface area (Å²) >= 11 is 0. The predicted molar refractivity (Wildman–Crippen MR) is 135 cm³/mol. The summed E-state index contributed by atoms with van der Waals surface area (Å²) in [5.74, 6) is -2.08. The van der Waals surface area contributed by atoms with Crippen LogP contribution in [0.15, 0.2) is 55.5 Å². The van der Waals surface area contributed by atoms with E-state index in [1.54, 1.807) is 30.3 Å². The number of halogens is 3. The van der Waals surface area contributed by atoms with E-state index in [2.05, 4.69) is 41.0 Å². The number of rotatable bonds is 5. The molecule has 1 aromatic carbocycles. The fourth-order valence-electron chi connectivity index (χ4n) is 4.86. The molecule has 0 N–H and O–H groups in total. The first-order valence-electron chi connectivity index (χ1n) is 12.2. The summed E-state index contributed by atoms with van der Waals surface area (Å²) < 4.78 is 45.3. The average molecular weight is 520 g/mol. The lowest BCUT2D eigenvalue weighted by Crippen LogP contribution is -2.47. The summed E-state index contributed by atoms with van der Waals surface area (Å²) in [4.78, 5) is 17.7. The summed E-state index contributed by atoms with van der Waals surface area (Å²) in [6, 6.07) is 3.43. The quantitative estimate of drug-likeness (QED) is 0.349. The fraction of sp³-hybridized carbons (Fsp3) is 0.269. The minimum atomic E-state index is -0.949. The number of aromatic nitrogens is 7. The highest BCUT2D eigenvalue weighted by molar-refractivity contribution is 5.77. The van der Waals surface area contributed by atoms with E-state index < -0.39 is 23.4 Å². The van der Waals surface area contributed by atoms with Crippen LogP contribution in [0.1, 0.15) is 24.0 Å². The van der Waals surface area contributed by atoms with E-state index in [4.69, 9.17) is 0 Å². The molecule has 1 aliphatic heterocycles. The lowest BCUT2D eigenvalue weighted by molar-refractivity contribution is 0.517. The Morgan fingerprint density at radius 3 is 2.13 bits per heavy atom. The lowest BCUT2D eigenvalue weighted by Gasteiger charge is -2.35. The molecule has 1 unspecified atom stereocenters. The standard InChI is InChI=1S/C26H24F3N9/c1-16(24-21(28)8-20(27)9-22(24)29)18-10-30-26(31-11-18)37-5-3-36(4-6-37)25-23-7-17(14-38(23)34-15-32-25)19-12-33-35(2)13-19/h7-16H,3-6H2,1-2H3. The monoisotopic (exact) mass is 519 g/mol. The van der Waals surface area contributed by atoms with Crippen molar-refractivity contribution in [3.8, 4) is 11.1 Å². The normalized spacial score (nSPS) is 14.9. The van der Waals surface area contributed by atoms with E-state index in [9.17, 15) is 13.2 Å². The van der Waals surface area contributed by atoms with Crippen molar-refractivity contribution >= 4 is 17.3 Å². The Bertz CT molecular complexity index is 1580. The highest BCUT2D eigenvalue weighted by Gasteiger charge is 2.24. The summed E-state index contributed by atoms with van der Waals surface area (Å²) in [6.45, 7) is 4.38. The molecule has 5 aromatic rings. The Morgan fingerprint density at radius 1 is 0.789 bits per heavy atom. The maximum absolute atomic E-state index is 14.2. The predicted octanol–water partition coefficient (Wildman–Crippen LogP) is 3.82. The Kier molecular flexibility index (Phi) is 5.93. The number of benzene rings is 1. The molecule has 9 nitrogen and oxygen atoms in total. The van der Waals surface area contributed by atoms with Crippen LogP contribution in [0.4, 0.5) is 24.9 Å². The van der Waals surface area contributed by atoms with Crippen molar-refractivity contribution in [2.24, 2.45) is 7.05 Å². The first-order chi connectivity index (χ1) is 18.4. The van der Waals surface area contributed by atoms with Crippen molar-refractivity contribution < 1.29 is 13.2 Å². The third-order valence-corrected chi connectivity index (χ3v) is 6.92. The molecule has 0 bridgehead atoms. The third kappa shape index (κ3) is 4.31. The summed E-state index contributed by atoms with van der Waals surface area (Å²) in [6.07, 6.45) is 10.4. The van der Waals surface area contributed by atoms with Crippen LogP contribution in [0.3, 0.4) is 0 Å². The Morgan fingerprint density at radius 2 is 1.47 bits per heavy atom. The van der Waals surface area contributed by atoms with E-state index in [0.717, 1.165) is 22.5 Å². The lowest BCUT2D eigenvalue weighted by atomic mass is 9.94. The number of aryl methyl sites for hydroxylation is 1. The van der Waals surface area contributed by atoms with E-state index >= 15 is 0 Å². The van der Waals surface area contributed by atoms with Crippen molar-refractivity contribution in [1.29, 1.82) is 0 Å². The number of hydrogen-bond donors (Lipinski definition) is 0. The van der Waals surface area contributed by atoms with Crippen LogP contribution >= 0.6 is 0 Å². The SMILES string of the molecule is CC(c1cnc(N2CCN(c3ncnn4cc(-c5cnn(C)c5)cc34)CC2)nc1)c1c(F)cc(F)cc1F. The molecule has 6 rings (SSSR count). The van der Waals surface area contributed by atoms with Gasteiger partial charge >= 0.3 is 0 Å². The summed E-state index contributed by atoms with van der Waals surface area (Å²) in [5.41, 5.74) is 3.27. The molecule has 1 fully saturated rings. The van der Waals surface area contributed by atoms with Gasteiger partial charge in [0, 0.05) is 92.8 Å². The molecular weight excluding hydrogens is 495 g/mol. The van der Waals surface area contributed by atoms with Crippen LogP contribution in [0.5, 0.6) is 0 Å². The Hall–Kier alpha value is -4.48. The van der Waals surface area contributed by atoms with Gasteiger partial charge in [-0.05, 0) is 11.6 Å². The molecular formula is C26H24F3N9. The second-order valence-electron chi connectivity index (χ2n) is 9.34. The number of fused-ring (bicyclic) bond motifs is 1. The number of hydrogen-bond acceptors (Lipinski definition) is 7. The average Bonchev–Trinajstić information content (AvgIpc) is 3.54. The van der Waals surface area contributed by atoms with Gasteiger partial charge in [-0.1, -0.05) is 6.92 Å². The van der Waals surface area contributed by atoms with Gasteiger partial charge in [-0.3, -0.25) is 4.68 Å². The second-order valence-corrected chi connectivity index (χ2v) is 9.34. The van der Waals surface area contributed by atoms with Crippen molar-refractivity contribution in [3.63, 3.8) is 0 Å². The molecule has 5 heterocycles. The van der Waals surface area contributed by atoms with Crippen molar-refractivity contribution in [1.82, 2.24) is 34.3 Å². The van der Waals surface area contributed by atoms with Gasteiger partial charge < -0.3 is 9.80 Å². The topological polar surface area (TPSA) is 80.3 Å². The van der Waals surface area contributed by atoms with Gasteiger partial charge in [0.05, 0.1) is 6.20 Å². The number of piperazine rings is 1.